The second-order valence-electron chi connectivity index (χ2n) is 4.82. The van der Waals surface area contributed by atoms with Gasteiger partial charge in [-0.15, -0.1) is 0 Å². The largest absolute Gasteiger partial charge is 0.550 e. The summed E-state index contributed by atoms with van der Waals surface area (Å²) in [4.78, 5) is 13.6. The number of thiazole rings is 1. The molecule has 0 aliphatic rings. The Morgan fingerprint density at radius 2 is 2.14 bits per heavy atom. The predicted octanol–water partition coefficient (Wildman–Crippen LogP) is 2.38. The van der Waals surface area contributed by atoms with Crippen LogP contribution < -0.4 is 14.8 Å². The van der Waals surface area contributed by atoms with Crippen molar-refractivity contribution < 1.29 is 32.8 Å². The molecule has 0 saturated heterocycles. The van der Waals surface area contributed by atoms with Crippen molar-refractivity contribution in [1.82, 2.24) is 0 Å². The SMILES string of the molecule is CCC(CC(=O)[O-])c1[nH+]c2cc(C(F)(F)F)c(OC)cc2s1. The first-order valence-corrected chi connectivity index (χ1v) is 7.38. The number of aromatic nitrogens is 1. The number of halogens is 3. The lowest BCUT2D eigenvalue weighted by molar-refractivity contribution is -0.355. The molecule has 0 amide bonds. The highest BCUT2D eigenvalue weighted by atomic mass is 32.1. The molecule has 0 bridgehead atoms. The predicted molar refractivity (Wildman–Crippen MR) is 72.6 cm³/mol. The summed E-state index contributed by atoms with van der Waals surface area (Å²) >= 11 is 1.23. The normalized spacial score (nSPS) is 13.3. The molecule has 1 aromatic carbocycles. The molecule has 2 rings (SSSR count). The summed E-state index contributed by atoms with van der Waals surface area (Å²) in [6.07, 6.45) is -4.16. The van der Waals surface area contributed by atoms with E-state index in [-0.39, 0.29) is 18.1 Å². The lowest BCUT2D eigenvalue weighted by Gasteiger charge is -2.10. The van der Waals surface area contributed by atoms with Gasteiger partial charge in [0.25, 0.3) is 0 Å². The summed E-state index contributed by atoms with van der Waals surface area (Å²) in [6, 6.07) is 2.30. The number of aliphatic carboxylic acids is 1. The zero-order valence-electron chi connectivity index (χ0n) is 11.9. The van der Waals surface area contributed by atoms with Crippen LogP contribution in [0.1, 0.15) is 36.3 Å². The van der Waals surface area contributed by atoms with Crippen LogP contribution in [0.5, 0.6) is 5.75 Å². The molecular weight excluding hydrogens is 319 g/mol. The van der Waals surface area contributed by atoms with Gasteiger partial charge in [-0.3, -0.25) is 0 Å². The van der Waals surface area contributed by atoms with Crippen molar-refractivity contribution in [2.45, 2.75) is 31.9 Å². The monoisotopic (exact) mass is 333 g/mol. The lowest BCUT2D eigenvalue weighted by atomic mass is 10.0. The number of benzene rings is 1. The van der Waals surface area contributed by atoms with Crippen molar-refractivity contribution in [1.29, 1.82) is 0 Å². The number of carboxylic acids is 1. The summed E-state index contributed by atoms with van der Waals surface area (Å²) in [5.41, 5.74) is -0.555. The Morgan fingerprint density at radius 3 is 2.64 bits per heavy atom. The fourth-order valence-corrected chi connectivity index (χ4v) is 3.42. The van der Waals surface area contributed by atoms with E-state index < -0.39 is 17.7 Å². The Labute approximate surface area is 128 Å². The van der Waals surface area contributed by atoms with E-state index in [1.54, 1.807) is 0 Å². The van der Waals surface area contributed by atoms with Crippen molar-refractivity contribution in [2.24, 2.45) is 0 Å². The fraction of sp³-hybridized carbons (Fsp3) is 0.429. The zero-order chi connectivity index (χ0) is 16.5. The summed E-state index contributed by atoms with van der Waals surface area (Å²) in [5.74, 6) is -1.76. The molecule has 0 radical (unpaired) electrons. The van der Waals surface area contributed by atoms with Gasteiger partial charge in [0.15, 0.2) is 0 Å². The quantitative estimate of drug-likeness (QED) is 0.844. The highest BCUT2D eigenvalue weighted by molar-refractivity contribution is 7.18. The molecule has 0 aliphatic carbocycles. The summed E-state index contributed by atoms with van der Waals surface area (Å²) in [7, 11) is 1.18. The molecule has 1 heterocycles. The molecule has 0 fully saturated rings. The van der Waals surface area contributed by atoms with E-state index in [4.69, 9.17) is 4.74 Å². The van der Waals surface area contributed by atoms with Crippen molar-refractivity contribution in [2.75, 3.05) is 7.11 Å². The third-order valence-electron chi connectivity index (χ3n) is 3.36. The number of fused-ring (bicyclic) bond motifs is 1. The molecular formula is C14H14F3NO3S. The second kappa shape index (κ2) is 6.12. The number of alkyl halides is 3. The third kappa shape index (κ3) is 3.32. The fourth-order valence-electron chi connectivity index (χ4n) is 2.22. The minimum atomic E-state index is -4.52. The Bertz CT molecular complexity index is 696. The van der Waals surface area contributed by atoms with Crippen molar-refractivity contribution in [3.63, 3.8) is 0 Å². The van der Waals surface area contributed by atoms with Gasteiger partial charge in [0, 0.05) is 24.5 Å². The minimum absolute atomic E-state index is 0.177. The van der Waals surface area contributed by atoms with Crippen LogP contribution in [0.4, 0.5) is 13.2 Å². The van der Waals surface area contributed by atoms with Gasteiger partial charge in [0.2, 0.25) is 10.5 Å². The van der Waals surface area contributed by atoms with E-state index in [2.05, 4.69) is 4.98 Å². The van der Waals surface area contributed by atoms with Crippen LogP contribution in [-0.2, 0) is 11.0 Å². The number of carbonyl (C=O) groups is 1. The van der Waals surface area contributed by atoms with Crippen molar-refractivity contribution in [3.05, 3.63) is 22.7 Å². The van der Waals surface area contributed by atoms with Gasteiger partial charge < -0.3 is 14.6 Å². The van der Waals surface area contributed by atoms with Crippen LogP contribution in [0.15, 0.2) is 12.1 Å². The zero-order valence-corrected chi connectivity index (χ0v) is 12.7. The van der Waals surface area contributed by atoms with E-state index in [1.807, 2.05) is 6.92 Å². The van der Waals surface area contributed by atoms with E-state index in [9.17, 15) is 23.1 Å². The molecule has 0 aliphatic heterocycles. The Balaban J connectivity index is 2.52. The standard InChI is InChI=1S/C14H14F3NO3S/c1-3-7(4-12(19)20)13-18-9-5-8(14(15,16)17)10(21-2)6-11(9)22-13/h5-7H,3-4H2,1-2H3,(H,19,20). The minimum Gasteiger partial charge on any atom is -0.550 e. The highest BCUT2D eigenvalue weighted by Crippen LogP contribution is 2.40. The number of H-pyrrole nitrogens is 1. The van der Waals surface area contributed by atoms with E-state index in [1.165, 1.54) is 24.5 Å². The average Bonchev–Trinajstić information content (AvgIpc) is 2.84. The van der Waals surface area contributed by atoms with Crippen LogP contribution >= 0.6 is 11.3 Å². The van der Waals surface area contributed by atoms with Gasteiger partial charge in [-0.05, 0) is 6.42 Å². The van der Waals surface area contributed by atoms with Gasteiger partial charge in [0.1, 0.15) is 16.0 Å². The van der Waals surface area contributed by atoms with Crippen LogP contribution in [0.3, 0.4) is 0 Å². The molecule has 1 unspecified atom stereocenters. The maximum atomic E-state index is 13.0. The molecule has 0 saturated carbocycles. The third-order valence-corrected chi connectivity index (χ3v) is 4.57. The molecule has 8 heteroatoms. The number of aromatic amines is 1. The number of ether oxygens (including phenoxy) is 1. The molecule has 120 valence electrons. The van der Waals surface area contributed by atoms with Crippen molar-refractivity contribution >= 4 is 27.5 Å². The average molecular weight is 333 g/mol. The van der Waals surface area contributed by atoms with E-state index in [0.717, 1.165) is 6.07 Å². The van der Waals surface area contributed by atoms with Gasteiger partial charge in [-0.2, -0.15) is 18.2 Å². The maximum Gasteiger partial charge on any atom is 0.420 e. The molecule has 1 aromatic heterocycles. The Morgan fingerprint density at radius 1 is 1.45 bits per heavy atom. The topological polar surface area (TPSA) is 63.5 Å². The van der Waals surface area contributed by atoms with Crippen LogP contribution in [-0.4, -0.2) is 13.1 Å². The summed E-state index contributed by atoms with van der Waals surface area (Å²) < 4.78 is 44.4. The van der Waals surface area contributed by atoms with E-state index in [0.29, 0.717) is 21.6 Å². The first kappa shape index (κ1) is 16.5. The summed E-state index contributed by atoms with van der Waals surface area (Å²) in [6.45, 7) is 1.81. The van der Waals surface area contributed by atoms with Crippen LogP contribution in [0.25, 0.3) is 10.2 Å². The van der Waals surface area contributed by atoms with Gasteiger partial charge in [-0.1, -0.05) is 18.3 Å². The summed E-state index contributed by atoms with van der Waals surface area (Å²) in [5, 5.41) is 11.4. The first-order chi connectivity index (χ1) is 10.3. The van der Waals surface area contributed by atoms with Gasteiger partial charge in [-0.25, -0.2) is 0 Å². The van der Waals surface area contributed by atoms with Crippen LogP contribution in [0.2, 0.25) is 0 Å². The van der Waals surface area contributed by atoms with E-state index >= 15 is 0 Å². The number of methoxy groups -OCH3 is 1. The molecule has 4 nitrogen and oxygen atoms in total. The Hall–Kier alpha value is -1.83. The molecule has 1 atom stereocenters. The number of hydrogen-bond acceptors (Lipinski definition) is 4. The molecule has 2 aromatic rings. The highest BCUT2D eigenvalue weighted by Gasteiger charge is 2.36. The smallest absolute Gasteiger partial charge is 0.420 e. The number of carbonyl (C=O) groups excluding carboxylic acids is 1. The maximum absolute atomic E-state index is 13.0. The van der Waals surface area contributed by atoms with Gasteiger partial charge >= 0.3 is 6.18 Å². The molecule has 0 spiro atoms. The first-order valence-electron chi connectivity index (χ1n) is 6.57. The number of nitrogens with one attached hydrogen (secondary N) is 1. The van der Waals surface area contributed by atoms with Crippen molar-refractivity contribution in [3.8, 4) is 5.75 Å². The Kier molecular flexibility index (Phi) is 4.60. The second-order valence-corrected chi connectivity index (χ2v) is 5.90. The van der Waals surface area contributed by atoms with Crippen LogP contribution in [0, 0.1) is 0 Å². The molecule has 1 N–H and O–H groups in total. The molecule has 22 heavy (non-hydrogen) atoms. The van der Waals surface area contributed by atoms with Gasteiger partial charge in [0.05, 0.1) is 13.0 Å². The number of carboxylic acid groups (broad SMARTS) is 1. The number of hydrogen-bond donors (Lipinski definition) is 0. The lowest BCUT2D eigenvalue weighted by Crippen LogP contribution is -2.25. The number of rotatable bonds is 5.